The summed E-state index contributed by atoms with van der Waals surface area (Å²) >= 11 is 12.8. The summed E-state index contributed by atoms with van der Waals surface area (Å²) in [6, 6.07) is 6.52. The van der Waals surface area contributed by atoms with Crippen molar-refractivity contribution in [3.63, 3.8) is 0 Å². The molecule has 1 aromatic heterocycles. The summed E-state index contributed by atoms with van der Waals surface area (Å²) in [6.07, 6.45) is 0.995. The molecule has 0 spiro atoms. The van der Waals surface area contributed by atoms with E-state index < -0.39 is 0 Å². The van der Waals surface area contributed by atoms with Crippen LogP contribution < -0.4 is 4.74 Å². The lowest BCUT2D eigenvalue weighted by Crippen LogP contribution is -1.95. The molecular weight excluding hydrogens is 456 g/mol. The van der Waals surface area contributed by atoms with Gasteiger partial charge in [-0.15, -0.1) is 11.3 Å². The Labute approximate surface area is 141 Å². The third kappa shape index (κ3) is 2.67. The molecule has 100 valence electrons. The van der Waals surface area contributed by atoms with Gasteiger partial charge in [-0.3, -0.25) is 0 Å². The fourth-order valence-electron chi connectivity index (χ4n) is 2.25. The van der Waals surface area contributed by atoms with Crippen LogP contribution in [0.25, 0.3) is 0 Å². The topological polar surface area (TPSA) is 9.23 Å². The van der Waals surface area contributed by atoms with E-state index in [0.29, 0.717) is 0 Å². The summed E-state index contributed by atoms with van der Waals surface area (Å²) in [6.45, 7) is 2.90. The summed E-state index contributed by atoms with van der Waals surface area (Å²) in [5.41, 5.74) is 3.77. The zero-order valence-corrected chi connectivity index (χ0v) is 15.7. The highest BCUT2D eigenvalue weighted by molar-refractivity contribution is 9.11. The van der Waals surface area contributed by atoms with Gasteiger partial charge in [-0.1, -0.05) is 31.9 Å². The van der Waals surface area contributed by atoms with E-state index in [1.807, 2.05) is 0 Å². The Hall–Kier alpha value is 0.160. The Kier molecular flexibility index (Phi) is 4.09. The van der Waals surface area contributed by atoms with Gasteiger partial charge in [0, 0.05) is 21.3 Å². The molecule has 0 bridgehead atoms. The number of hydrogen-bond donors (Lipinski definition) is 0. The maximum absolute atomic E-state index is 5.81. The molecule has 0 radical (unpaired) electrons. The van der Waals surface area contributed by atoms with E-state index in [1.165, 1.54) is 25.4 Å². The number of halogens is 3. The van der Waals surface area contributed by atoms with Crippen molar-refractivity contribution in [3.05, 3.63) is 48.0 Å². The normalized spacial score (nSPS) is 15.2. The van der Waals surface area contributed by atoms with Gasteiger partial charge in [-0.05, 0) is 52.2 Å². The third-order valence-electron chi connectivity index (χ3n) is 3.18. The average Bonchev–Trinajstić information content (AvgIpc) is 2.95. The second-order valence-corrected chi connectivity index (χ2v) is 8.78. The molecule has 1 aliphatic rings. The van der Waals surface area contributed by atoms with Crippen molar-refractivity contribution in [1.29, 1.82) is 0 Å². The number of aryl methyl sites for hydroxylation is 1. The molecule has 0 N–H and O–H groups in total. The Morgan fingerprint density at radius 3 is 2.74 bits per heavy atom. The van der Waals surface area contributed by atoms with Crippen molar-refractivity contribution in [2.24, 2.45) is 0 Å². The van der Waals surface area contributed by atoms with Crippen molar-refractivity contribution in [2.75, 3.05) is 6.61 Å². The maximum Gasteiger partial charge on any atom is 0.127 e. The molecule has 2 heterocycles. The van der Waals surface area contributed by atoms with Crippen LogP contribution in [0.2, 0.25) is 0 Å². The van der Waals surface area contributed by atoms with Gasteiger partial charge in [0.25, 0.3) is 0 Å². The molecule has 1 unspecified atom stereocenters. The van der Waals surface area contributed by atoms with E-state index >= 15 is 0 Å². The van der Waals surface area contributed by atoms with Crippen molar-refractivity contribution in [2.45, 2.75) is 18.2 Å². The molecule has 2 aromatic rings. The fraction of sp³-hybridized carbons (Fsp3) is 0.286. The van der Waals surface area contributed by atoms with E-state index in [4.69, 9.17) is 4.74 Å². The first-order chi connectivity index (χ1) is 9.06. The lowest BCUT2D eigenvalue weighted by Gasteiger charge is -2.13. The smallest absolute Gasteiger partial charge is 0.127 e. The van der Waals surface area contributed by atoms with Crippen LogP contribution in [0.3, 0.4) is 0 Å². The minimum absolute atomic E-state index is 0.173. The molecule has 1 aliphatic heterocycles. The SMILES string of the molecule is Cc1cc(C(Br)c2cc(Br)cc3c2OCC3)sc1Br. The molecule has 0 saturated carbocycles. The van der Waals surface area contributed by atoms with E-state index in [-0.39, 0.29) is 4.83 Å². The van der Waals surface area contributed by atoms with Gasteiger partial charge in [0.1, 0.15) is 5.75 Å². The molecule has 5 heteroatoms. The van der Waals surface area contributed by atoms with Crippen LogP contribution in [0.15, 0.2) is 26.5 Å². The summed E-state index contributed by atoms with van der Waals surface area (Å²) in [7, 11) is 0. The number of alkyl halides is 1. The quantitative estimate of drug-likeness (QED) is 0.493. The standard InChI is InChI=1S/C14H11Br3OS/c1-7-4-11(19-14(7)17)12(16)10-6-9(15)5-8-2-3-18-13(8)10/h4-6,12H,2-3H2,1H3. The van der Waals surface area contributed by atoms with E-state index in [1.54, 1.807) is 11.3 Å². The zero-order valence-electron chi connectivity index (χ0n) is 10.2. The minimum Gasteiger partial charge on any atom is -0.493 e. The van der Waals surface area contributed by atoms with Gasteiger partial charge in [-0.25, -0.2) is 0 Å². The maximum atomic E-state index is 5.81. The monoisotopic (exact) mass is 464 g/mol. The van der Waals surface area contributed by atoms with Crippen molar-refractivity contribution in [3.8, 4) is 5.75 Å². The number of hydrogen-bond acceptors (Lipinski definition) is 2. The van der Waals surface area contributed by atoms with Crippen LogP contribution in [-0.4, -0.2) is 6.61 Å². The van der Waals surface area contributed by atoms with E-state index in [2.05, 4.69) is 72.9 Å². The number of rotatable bonds is 2. The number of ether oxygens (including phenoxy) is 1. The van der Waals surface area contributed by atoms with E-state index in [0.717, 1.165) is 23.2 Å². The highest BCUT2D eigenvalue weighted by Gasteiger charge is 2.24. The molecule has 0 amide bonds. The van der Waals surface area contributed by atoms with Crippen LogP contribution in [0.5, 0.6) is 5.75 Å². The van der Waals surface area contributed by atoms with Crippen molar-refractivity contribution < 1.29 is 4.74 Å². The van der Waals surface area contributed by atoms with Crippen molar-refractivity contribution >= 4 is 59.1 Å². The second-order valence-electron chi connectivity index (χ2n) is 4.55. The lowest BCUT2D eigenvalue weighted by molar-refractivity contribution is 0.354. The first-order valence-electron chi connectivity index (χ1n) is 5.91. The van der Waals surface area contributed by atoms with Gasteiger partial charge in [0.15, 0.2) is 0 Å². The van der Waals surface area contributed by atoms with Crippen LogP contribution >= 0.6 is 59.1 Å². The highest BCUT2D eigenvalue weighted by atomic mass is 79.9. The predicted molar refractivity (Wildman–Crippen MR) is 90.9 cm³/mol. The summed E-state index contributed by atoms with van der Waals surface area (Å²) in [5.74, 6) is 1.05. The lowest BCUT2D eigenvalue weighted by atomic mass is 10.0. The Morgan fingerprint density at radius 2 is 2.05 bits per heavy atom. The summed E-state index contributed by atoms with van der Waals surface area (Å²) in [5, 5.41) is 0. The number of fused-ring (bicyclic) bond motifs is 1. The average molecular weight is 467 g/mol. The van der Waals surface area contributed by atoms with Gasteiger partial charge in [0.2, 0.25) is 0 Å². The first-order valence-corrected chi connectivity index (χ1v) is 9.23. The minimum atomic E-state index is 0.173. The van der Waals surface area contributed by atoms with Gasteiger partial charge in [0.05, 0.1) is 15.2 Å². The summed E-state index contributed by atoms with van der Waals surface area (Å²) < 4.78 is 8.11. The summed E-state index contributed by atoms with van der Waals surface area (Å²) in [4.78, 5) is 1.46. The molecule has 0 fully saturated rings. The number of thiophene rings is 1. The molecule has 0 saturated heterocycles. The molecule has 1 aromatic carbocycles. The number of benzene rings is 1. The zero-order chi connectivity index (χ0) is 13.6. The van der Waals surface area contributed by atoms with Crippen molar-refractivity contribution in [1.82, 2.24) is 0 Å². The highest BCUT2D eigenvalue weighted by Crippen LogP contribution is 2.45. The van der Waals surface area contributed by atoms with Crippen LogP contribution in [0.4, 0.5) is 0 Å². The van der Waals surface area contributed by atoms with Crippen LogP contribution in [0, 0.1) is 6.92 Å². The first kappa shape index (κ1) is 14.1. The third-order valence-corrected chi connectivity index (χ3v) is 7.13. The van der Waals surface area contributed by atoms with Gasteiger partial charge >= 0.3 is 0 Å². The molecule has 1 atom stereocenters. The fourth-order valence-corrected chi connectivity index (χ4v) is 5.09. The molecule has 0 aliphatic carbocycles. The Morgan fingerprint density at radius 1 is 1.26 bits per heavy atom. The molecule has 3 rings (SSSR count). The van der Waals surface area contributed by atoms with E-state index in [9.17, 15) is 0 Å². The Balaban J connectivity index is 2.07. The predicted octanol–water partition coefficient (Wildman–Crippen LogP) is 6.00. The molecule has 1 nitrogen and oxygen atoms in total. The van der Waals surface area contributed by atoms with Crippen LogP contribution in [0.1, 0.15) is 26.4 Å². The molecule has 19 heavy (non-hydrogen) atoms. The Bertz CT molecular complexity index is 616. The second kappa shape index (κ2) is 5.51. The van der Waals surface area contributed by atoms with Crippen LogP contribution in [-0.2, 0) is 6.42 Å². The van der Waals surface area contributed by atoms with Gasteiger partial charge in [-0.2, -0.15) is 0 Å². The van der Waals surface area contributed by atoms with Gasteiger partial charge < -0.3 is 4.74 Å². The molecular formula is C14H11Br3OS. The largest absolute Gasteiger partial charge is 0.493 e.